The number of nitrogens with one attached hydrogen (secondary N) is 1. The molecule has 1 saturated carbocycles. The Labute approximate surface area is 132 Å². The Hall–Kier alpha value is -0.620. The molecule has 0 amide bonds. The molecule has 21 heavy (non-hydrogen) atoms. The first-order valence-electron chi connectivity index (χ1n) is 7.47. The second-order valence-corrected chi connectivity index (χ2v) is 7.81. The van der Waals surface area contributed by atoms with Gasteiger partial charge in [0.15, 0.2) is 0 Å². The van der Waals surface area contributed by atoms with E-state index < -0.39 is 10.0 Å². The molecule has 0 unspecified atom stereocenters. The summed E-state index contributed by atoms with van der Waals surface area (Å²) in [5.41, 5.74) is 6.35. The summed E-state index contributed by atoms with van der Waals surface area (Å²) in [6.45, 7) is 2.53. The third-order valence-corrected chi connectivity index (χ3v) is 6.27. The molecule has 4 nitrogen and oxygen atoms in total. The predicted octanol–water partition coefficient (Wildman–Crippen LogP) is 3.05. The molecule has 0 aliphatic heterocycles. The van der Waals surface area contributed by atoms with E-state index >= 15 is 0 Å². The van der Waals surface area contributed by atoms with Crippen molar-refractivity contribution in [2.75, 3.05) is 0 Å². The van der Waals surface area contributed by atoms with Gasteiger partial charge in [0.1, 0.15) is 4.90 Å². The number of sulfonamides is 1. The lowest BCUT2D eigenvalue weighted by Crippen LogP contribution is -2.37. The summed E-state index contributed by atoms with van der Waals surface area (Å²) in [4.78, 5) is 0.138. The maximum atomic E-state index is 12.4. The van der Waals surface area contributed by atoms with Crippen molar-refractivity contribution in [3.05, 3.63) is 28.8 Å². The van der Waals surface area contributed by atoms with E-state index in [4.69, 9.17) is 17.3 Å². The molecule has 0 saturated heterocycles. The number of nitrogens with two attached hydrogens (primary N) is 1. The van der Waals surface area contributed by atoms with Gasteiger partial charge in [0.2, 0.25) is 10.0 Å². The molecule has 2 rings (SSSR count). The minimum Gasteiger partial charge on any atom is -0.326 e. The standard InChI is InChI=1S/C15H23ClN2O2S/c1-2-11-3-6-13(7-4-11)18-21(19,20)15-8-5-12(10-17)9-14(15)16/h5,8-9,11,13,18H,2-4,6-7,10,17H2,1H3. The predicted molar refractivity (Wildman–Crippen MR) is 85.7 cm³/mol. The smallest absolute Gasteiger partial charge is 0.242 e. The normalized spacial score (nSPS) is 23.2. The fraction of sp³-hybridized carbons (Fsp3) is 0.600. The van der Waals surface area contributed by atoms with Crippen molar-refractivity contribution < 1.29 is 8.42 Å². The molecule has 1 aliphatic rings. The van der Waals surface area contributed by atoms with E-state index in [0.29, 0.717) is 6.54 Å². The largest absolute Gasteiger partial charge is 0.326 e. The molecule has 3 N–H and O–H groups in total. The van der Waals surface area contributed by atoms with Crippen LogP contribution in [0.4, 0.5) is 0 Å². The van der Waals surface area contributed by atoms with Crippen LogP contribution in [0.15, 0.2) is 23.1 Å². The van der Waals surface area contributed by atoms with Gasteiger partial charge in [-0.05, 0) is 49.3 Å². The average molecular weight is 331 g/mol. The average Bonchev–Trinajstić information content (AvgIpc) is 2.47. The lowest BCUT2D eigenvalue weighted by molar-refractivity contribution is 0.306. The quantitative estimate of drug-likeness (QED) is 0.871. The Balaban J connectivity index is 2.08. The van der Waals surface area contributed by atoms with Crippen LogP contribution >= 0.6 is 11.6 Å². The zero-order valence-corrected chi connectivity index (χ0v) is 13.9. The van der Waals surface area contributed by atoms with Gasteiger partial charge in [-0.1, -0.05) is 31.0 Å². The van der Waals surface area contributed by atoms with Crippen molar-refractivity contribution in [2.45, 2.75) is 56.5 Å². The molecule has 6 heteroatoms. The zero-order valence-electron chi connectivity index (χ0n) is 12.3. The Morgan fingerprint density at radius 2 is 1.95 bits per heavy atom. The summed E-state index contributed by atoms with van der Waals surface area (Å²) < 4.78 is 27.7. The Bertz CT molecular complexity index is 581. The minimum absolute atomic E-state index is 0.0167. The third-order valence-electron chi connectivity index (χ3n) is 4.27. The Kier molecular flexibility index (Phi) is 5.66. The van der Waals surface area contributed by atoms with Crippen LogP contribution in [0.25, 0.3) is 0 Å². The topological polar surface area (TPSA) is 72.2 Å². The van der Waals surface area contributed by atoms with Crippen LogP contribution < -0.4 is 10.5 Å². The number of rotatable bonds is 5. The highest BCUT2D eigenvalue weighted by molar-refractivity contribution is 7.89. The summed E-state index contributed by atoms with van der Waals surface area (Å²) in [5.74, 6) is 0.734. The first kappa shape index (κ1) is 16.7. The van der Waals surface area contributed by atoms with Crippen molar-refractivity contribution in [3.8, 4) is 0 Å². The van der Waals surface area contributed by atoms with Crippen LogP contribution in [-0.4, -0.2) is 14.5 Å². The SMILES string of the molecule is CCC1CCC(NS(=O)(=O)c2ccc(CN)cc2Cl)CC1. The van der Waals surface area contributed by atoms with Gasteiger partial charge in [0.25, 0.3) is 0 Å². The van der Waals surface area contributed by atoms with E-state index in [2.05, 4.69) is 11.6 Å². The molecule has 1 aliphatic carbocycles. The van der Waals surface area contributed by atoms with Gasteiger partial charge >= 0.3 is 0 Å². The van der Waals surface area contributed by atoms with E-state index in [0.717, 1.165) is 37.2 Å². The van der Waals surface area contributed by atoms with Crippen molar-refractivity contribution in [2.24, 2.45) is 11.7 Å². The highest BCUT2D eigenvalue weighted by Crippen LogP contribution is 2.28. The third kappa shape index (κ3) is 4.19. The molecule has 0 aromatic heterocycles. The first-order valence-corrected chi connectivity index (χ1v) is 9.33. The lowest BCUT2D eigenvalue weighted by atomic mass is 9.85. The fourth-order valence-corrected chi connectivity index (χ4v) is 4.73. The summed E-state index contributed by atoms with van der Waals surface area (Å²) in [7, 11) is -3.56. The van der Waals surface area contributed by atoms with Crippen molar-refractivity contribution in [1.29, 1.82) is 0 Å². The van der Waals surface area contributed by atoms with E-state index in [-0.39, 0.29) is 16.0 Å². The van der Waals surface area contributed by atoms with E-state index in [1.807, 2.05) is 0 Å². The molecule has 0 bridgehead atoms. The molecular formula is C15H23ClN2O2S. The van der Waals surface area contributed by atoms with Gasteiger partial charge in [-0.3, -0.25) is 0 Å². The highest BCUT2D eigenvalue weighted by atomic mass is 35.5. The number of hydrogen-bond donors (Lipinski definition) is 2. The summed E-state index contributed by atoms with van der Waals surface area (Å²) in [6.07, 6.45) is 5.14. The van der Waals surface area contributed by atoms with Crippen LogP contribution in [0.2, 0.25) is 5.02 Å². The van der Waals surface area contributed by atoms with E-state index in [9.17, 15) is 8.42 Å². The zero-order chi connectivity index (χ0) is 15.5. The van der Waals surface area contributed by atoms with Crippen molar-refractivity contribution in [1.82, 2.24) is 4.72 Å². The maximum absolute atomic E-state index is 12.4. The number of hydrogen-bond acceptors (Lipinski definition) is 3. The van der Waals surface area contributed by atoms with E-state index in [1.165, 1.54) is 12.5 Å². The van der Waals surface area contributed by atoms with Crippen LogP contribution in [0.1, 0.15) is 44.6 Å². The van der Waals surface area contributed by atoms with Crippen molar-refractivity contribution >= 4 is 21.6 Å². The minimum atomic E-state index is -3.56. The number of halogens is 1. The maximum Gasteiger partial charge on any atom is 0.242 e. The van der Waals surface area contributed by atoms with Crippen molar-refractivity contribution in [3.63, 3.8) is 0 Å². The second-order valence-electron chi connectivity index (χ2n) is 5.72. The Morgan fingerprint density at radius 1 is 1.29 bits per heavy atom. The monoisotopic (exact) mass is 330 g/mol. The van der Waals surface area contributed by atoms with Gasteiger partial charge in [-0.15, -0.1) is 0 Å². The second kappa shape index (κ2) is 7.09. The Morgan fingerprint density at radius 3 is 2.48 bits per heavy atom. The van der Waals surface area contributed by atoms with Crippen LogP contribution in [0.5, 0.6) is 0 Å². The molecule has 0 heterocycles. The number of benzene rings is 1. The highest BCUT2D eigenvalue weighted by Gasteiger charge is 2.26. The van der Waals surface area contributed by atoms with E-state index in [1.54, 1.807) is 12.1 Å². The van der Waals surface area contributed by atoms with Gasteiger partial charge in [0.05, 0.1) is 5.02 Å². The van der Waals surface area contributed by atoms with Crippen LogP contribution in [-0.2, 0) is 16.6 Å². The van der Waals surface area contributed by atoms with Crippen LogP contribution in [0, 0.1) is 5.92 Å². The van der Waals surface area contributed by atoms with Gasteiger partial charge in [-0.25, -0.2) is 13.1 Å². The lowest BCUT2D eigenvalue weighted by Gasteiger charge is -2.28. The summed E-state index contributed by atoms with van der Waals surface area (Å²) in [6, 6.07) is 4.87. The summed E-state index contributed by atoms with van der Waals surface area (Å²) >= 11 is 6.08. The molecule has 0 atom stereocenters. The molecule has 0 radical (unpaired) electrons. The van der Waals surface area contributed by atoms with Gasteiger partial charge in [0, 0.05) is 12.6 Å². The molecule has 1 aromatic carbocycles. The van der Waals surface area contributed by atoms with Crippen LogP contribution in [0.3, 0.4) is 0 Å². The summed E-state index contributed by atoms with van der Waals surface area (Å²) in [5, 5.41) is 0.229. The van der Waals surface area contributed by atoms with Gasteiger partial charge < -0.3 is 5.73 Å². The van der Waals surface area contributed by atoms with Gasteiger partial charge in [-0.2, -0.15) is 0 Å². The fourth-order valence-electron chi connectivity index (χ4n) is 2.86. The molecule has 0 spiro atoms. The molecule has 1 fully saturated rings. The molecule has 1 aromatic rings. The molecule has 118 valence electrons. The first-order chi connectivity index (χ1) is 9.96. The molecular weight excluding hydrogens is 308 g/mol.